The highest BCUT2D eigenvalue weighted by Gasteiger charge is 2.32. The van der Waals surface area contributed by atoms with Gasteiger partial charge in [0.1, 0.15) is 6.61 Å². The number of nitrogens with one attached hydrogen (secondary N) is 1. The quantitative estimate of drug-likeness (QED) is 0.835. The van der Waals surface area contributed by atoms with Crippen LogP contribution in [0.2, 0.25) is 0 Å². The average molecular weight is 289 g/mol. The Labute approximate surface area is 111 Å². The molecule has 0 bridgehead atoms. The van der Waals surface area contributed by atoms with Gasteiger partial charge in [-0.3, -0.25) is 5.32 Å². The number of rotatable bonds is 4. The van der Waals surface area contributed by atoms with Crippen LogP contribution in [0.15, 0.2) is 30.9 Å². The number of alkyl halides is 3. The van der Waals surface area contributed by atoms with E-state index in [1.165, 1.54) is 6.08 Å². The second kappa shape index (κ2) is 6.09. The van der Waals surface area contributed by atoms with Gasteiger partial charge in [-0.25, -0.2) is 9.59 Å². The first-order chi connectivity index (χ1) is 9.24. The van der Waals surface area contributed by atoms with Crippen LogP contribution in [0.4, 0.5) is 23.7 Å². The second-order valence-electron chi connectivity index (χ2n) is 3.61. The molecule has 8 heteroatoms. The maximum atomic E-state index is 12.6. The SMILES string of the molecule is C=CCOC(=O)Nc1cc(C(=O)O)cc(C(F)(F)F)c1. The summed E-state index contributed by atoms with van der Waals surface area (Å²) in [5, 5.41) is 10.8. The molecule has 20 heavy (non-hydrogen) atoms. The van der Waals surface area contributed by atoms with E-state index in [1.54, 1.807) is 0 Å². The van der Waals surface area contributed by atoms with E-state index < -0.39 is 29.4 Å². The van der Waals surface area contributed by atoms with E-state index in [2.05, 4.69) is 11.3 Å². The zero-order chi connectivity index (χ0) is 15.3. The zero-order valence-electron chi connectivity index (χ0n) is 10.0. The Morgan fingerprint density at radius 1 is 1.35 bits per heavy atom. The summed E-state index contributed by atoms with van der Waals surface area (Å²) in [4.78, 5) is 22.0. The number of carbonyl (C=O) groups is 2. The summed E-state index contributed by atoms with van der Waals surface area (Å²) in [5.41, 5.74) is -2.11. The minimum Gasteiger partial charge on any atom is -0.478 e. The number of ether oxygens (including phenoxy) is 1. The normalized spacial score (nSPS) is 10.8. The Balaban J connectivity index is 3.06. The number of carbonyl (C=O) groups excluding carboxylic acids is 1. The molecule has 1 rings (SSSR count). The number of anilines is 1. The zero-order valence-corrected chi connectivity index (χ0v) is 10.0. The van der Waals surface area contributed by atoms with Gasteiger partial charge in [0, 0.05) is 5.69 Å². The molecule has 0 atom stereocenters. The number of halogens is 3. The maximum absolute atomic E-state index is 12.6. The molecule has 5 nitrogen and oxygen atoms in total. The molecule has 0 aliphatic rings. The summed E-state index contributed by atoms with van der Waals surface area (Å²) in [6, 6.07) is 1.98. The molecule has 0 fully saturated rings. The molecule has 0 aliphatic carbocycles. The Morgan fingerprint density at radius 3 is 2.50 bits per heavy atom. The summed E-state index contributed by atoms with van der Waals surface area (Å²) >= 11 is 0. The second-order valence-corrected chi connectivity index (χ2v) is 3.61. The standard InChI is InChI=1S/C12H10F3NO4/c1-2-3-20-11(19)16-9-5-7(10(17)18)4-8(6-9)12(13,14)15/h2,4-6H,1,3H2,(H,16,19)(H,17,18). The van der Waals surface area contributed by atoms with Gasteiger partial charge in [0.2, 0.25) is 0 Å². The van der Waals surface area contributed by atoms with Crippen LogP contribution < -0.4 is 5.32 Å². The average Bonchev–Trinajstić information content (AvgIpc) is 2.34. The lowest BCUT2D eigenvalue weighted by molar-refractivity contribution is -0.137. The highest BCUT2D eigenvalue weighted by molar-refractivity contribution is 5.91. The van der Waals surface area contributed by atoms with Crippen molar-refractivity contribution in [2.45, 2.75) is 6.18 Å². The predicted octanol–water partition coefficient (Wildman–Crippen LogP) is 3.14. The number of carboxylic acids is 1. The molecular weight excluding hydrogens is 279 g/mol. The van der Waals surface area contributed by atoms with Gasteiger partial charge in [-0.15, -0.1) is 0 Å². The van der Waals surface area contributed by atoms with E-state index in [1.807, 2.05) is 5.32 Å². The fourth-order valence-corrected chi connectivity index (χ4v) is 1.28. The van der Waals surface area contributed by atoms with Gasteiger partial charge >= 0.3 is 18.2 Å². The summed E-state index contributed by atoms with van der Waals surface area (Å²) < 4.78 is 42.3. The molecule has 0 aromatic heterocycles. The van der Waals surface area contributed by atoms with E-state index in [4.69, 9.17) is 5.11 Å². The van der Waals surface area contributed by atoms with Crippen LogP contribution >= 0.6 is 0 Å². The summed E-state index contributed by atoms with van der Waals surface area (Å²) in [7, 11) is 0. The van der Waals surface area contributed by atoms with Gasteiger partial charge in [0.15, 0.2) is 0 Å². The van der Waals surface area contributed by atoms with Crippen molar-refractivity contribution in [1.82, 2.24) is 0 Å². The molecule has 0 aliphatic heterocycles. The van der Waals surface area contributed by atoms with Crippen LogP contribution in [0, 0.1) is 0 Å². The van der Waals surface area contributed by atoms with Crippen molar-refractivity contribution in [1.29, 1.82) is 0 Å². The number of hydrogen-bond acceptors (Lipinski definition) is 3. The van der Waals surface area contributed by atoms with Gasteiger partial charge in [0.05, 0.1) is 11.1 Å². The third kappa shape index (κ3) is 4.30. The lowest BCUT2D eigenvalue weighted by Crippen LogP contribution is -2.15. The Hall–Kier alpha value is -2.51. The maximum Gasteiger partial charge on any atom is 0.416 e. The van der Waals surface area contributed by atoms with Crippen LogP contribution in [0.1, 0.15) is 15.9 Å². The first kappa shape index (κ1) is 15.5. The smallest absolute Gasteiger partial charge is 0.416 e. The largest absolute Gasteiger partial charge is 0.478 e. The van der Waals surface area contributed by atoms with Crippen LogP contribution in [0.25, 0.3) is 0 Å². The number of benzene rings is 1. The lowest BCUT2D eigenvalue weighted by atomic mass is 10.1. The first-order valence-electron chi connectivity index (χ1n) is 5.24. The monoisotopic (exact) mass is 289 g/mol. The Kier molecular flexibility index (Phi) is 4.73. The first-order valence-corrected chi connectivity index (χ1v) is 5.24. The molecule has 1 amide bonds. The topological polar surface area (TPSA) is 75.6 Å². The predicted molar refractivity (Wildman–Crippen MR) is 63.6 cm³/mol. The van der Waals surface area contributed by atoms with Crippen molar-refractivity contribution < 1.29 is 32.6 Å². The van der Waals surface area contributed by atoms with E-state index in [9.17, 15) is 22.8 Å². The molecular formula is C12H10F3NO4. The van der Waals surface area contributed by atoms with E-state index in [0.717, 1.165) is 6.07 Å². The number of carboxylic acid groups (broad SMARTS) is 1. The summed E-state index contributed by atoms with van der Waals surface area (Å²) in [5.74, 6) is -1.54. The molecule has 108 valence electrons. The Bertz CT molecular complexity index is 540. The van der Waals surface area contributed by atoms with Crippen molar-refractivity contribution in [2.24, 2.45) is 0 Å². The number of aromatic carboxylic acids is 1. The van der Waals surface area contributed by atoms with Crippen LogP contribution in [-0.2, 0) is 10.9 Å². The van der Waals surface area contributed by atoms with Gasteiger partial charge in [0.25, 0.3) is 0 Å². The minimum absolute atomic E-state index is 0.128. The van der Waals surface area contributed by atoms with E-state index in [0.29, 0.717) is 12.1 Å². The fourth-order valence-electron chi connectivity index (χ4n) is 1.28. The van der Waals surface area contributed by atoms with Crippen LogP contribution in [0.5, 0.6) is 0 Å². The summed E-state index contributed by atoms with van der Waals surface area (Å²) in [6.45, 7) is 3.16. The third-order valence-electron chi connectivity index (χ3n) is 2.09. The van der Waals surface area contributed by atoms with E-state index >= 15 is 0 Å². The van der Waals surface area contributed by atoms with Gasteiger partial charge in [-0.05, 0) is 18.2 Å². The minimum atomic E-state index is -4.73. The van der Waals surface area contributed by atoms with E-state index in [-0.39, 0.29) is 12.3 Å². The van der Waals surface area contributed by atoms with Gasteiger partial charge in [-0.2, -0.15) is 13.2 Å². The molecule has 0 saturated heterocycles. The molecule has 0 heterocycles. The highest BCUT2D eigenvalue weighted by atomic mass is 19.4. The highest BCUT2D eigenvalue weighted by Crippen LogP contribution is 2.32. The third-order valence-corrected chi connectivity index (χ3v) is 2.09. The molecule has 0 radical (unpaired) electrons. The number of hydrogen-bond donors (Lipinski definition) is 2. The molecule has 0 saturated carbocycles. The molecule has 0 spiro atoms. The summed E-state index contributed by atoms with van der Waals surface area (Å²) in [6.07, 6.45) is -4.47. The van der Waals surface area contributed by atoms with Crippen LogP contribution in [-0.4, -0.2) is 23.8 Å². The van der Waals surface area contributed by atoms with Crippen molar-refractivity contribution in [3.8, 4) is 0 Å². The van der Waals surface area contributed by atoms with Gasteiger partial charge < -0.3 is 9.84 Å². The van der Waals surface area contributed by atoms with Crippen molar-refractivity contribution in [3.63, 3.8) is 0 Å². The molecule has 1 aromatic rings. The molecule has 2 N–H and O–H groups in total. The van der Waals surface area contributed by atoms with Crippen molar-refractivity contribution >= 4 is 17.7 Å². The van der Waals surface area contributed by atoms with Crippen molar-refractivity contribution in [3.05, 3.63) is 42.0 Å². The number of amides is 1. The lowest BCUT2D eigenvalue weighted by Gasteiger charge is -2.11. The Morgan fingerprint density at radius 2 is 2.00 bits per heavy atom. The molecule has 1 aromatic carbocycles. The fraction of sp³-hybridized carbons (Fsp3) is 0.167. The molecule has 0 unspecified atom stereocenters. The van der Waals surface area contributed by atoms with Gasteiger partial charge in [-0.1, -0.05) is 12.7 Å². The van der Waals surface area contributed by atoms with Crippen LogP contribution in [0.3, 0.4) is 0 Å². The van der Waals surface area contributed by atoms with Crippen molar-refractivity contribution in [2.75, 3.05) is 11.9 Å².